The van der Waals surface area contributed by atoms with Gasteiger partial charge >= 0.3 is 0 Å². The van der Waals surface area contributed by atoms with Crippen LogP contribution < -0.4 is 0 Å². The monoisotopic (exact) mass is 375 g/mol. The number of nitrogens with zero attached hydrogens (tertiary/aromatic N) is 7. The van der Waals surface area contributed by atoms with E-state index < -0.39 is 0 Å². The summed E-state index contributed by atoms with van der Waals surface area (Å²) in [7, 11) is 0. The Morgan fingerprint density at radius 2 is 1.81 bits per heavy atom. The van der Waals surface area contributed by atoms with Crippen molar-refractivity contribution in [2.45, 2.75) is 13.5 Å². The van der Waals surface area contributed by atoms with Gasteiger partial charge < -0.3 is 0 Å². The van der Waals surface area contributed by atoms with Crippen molar-refractivity contribution in [3.63, 3.8) is 0 Å². The zero-order valence-corrected chi connectivity index (χ0v) is 15.2. The van der Waals surface area contributed by atoms with Gasteiger partial charge in [-0.2, -0.15) is 10.4 Å². The smallest absolute Gasteiger partial charge is 0.187 e. The zero-order valence-electron chi connectivity index (χ0n) is 14.4. The van der Waals surface area contributed by atoms with Crippen LogP contribution in [-0.2, 0) is 6.54 Å². The number of rotatable bonds is 4. The molecule has 7 nitrogen and oxygen atoms in total. The number of nitriles is 1. The number of aryl methyl sites for hydroxylation is 1. The van der Waals surface area contributed by atoms with Crippen LogP contribution in [0.2, 0.25) is 5.15 Å². The molecule has 2 aromatic carbocycles. The molecule has 0 amide bonds. The first-order valence-corrected chi connectivity index (χ1v) is 8.59. The topological polar surface area (TPSA) is 85.2 Å². The number of tetrazole rings is 1. The van der Waals surface area contributed by atoms with Crippen LogP contribution in [0.15, 0.2) is 54.7 Å². The first-order valence-electron chi connectivity index (χ1n) is 8.22. The van der Waals surface area contributed by atoms with E-state index in [4.69, 9.17) is 16.9 Å². The van der Waals surface area contributed by atoms with Crippen LogP contribution in [0.25, 0.3) is 17.1 Å². The Kier molecular flexibility index (Phi) is 4.40. The average Bonchev–Trinajstić information content (AvgIpc) is 3.29. The van der Waals surface area contributed by atoms with Gasteiger partial charge in [-0.15, -0.1) is 5.10 Å². The average molecular weight is 376 g/mol. The summed E-state index contributed by atoms with van der Waals surface area (Å²) < 4.78 is 3.31. The number of halogens is 1. The molecule has 0 radical (unpaired) electrons. The zero-order chi connectivity index (χ0) is 18.8. The molecular formula is C19H14ClN7. The van der Waals surface area contributed by atoms with Gasteiger partial charge in [0.1, 0.15) is 5.15 Å². The van der Waals surface area contributed by atoms with Crippen molar-refractivity contribution in [2.75, 3.05) is 0 Å². The Balaban J connectivity index is 1.66. The number of aromatic nitrogens is 6. The van der Waals surface area contributed by atoms with Crippen molar-refractivity contribution >= 4 is 11.6 Å². The summed E-state index contributed by atoms with van der Waals surface area (Å²) in [5.74, 6) is 0.530. The molecule has 4 aromatic rings. The molecule has 0 saturated carbocycles. The van der Waals surface area contributed by atoms with Crippen LogP contribution in [0.1, 0.15) is 16.7 Å². The normalized spacial score (nSPS) is 10.7. The molecule has 2 aromatic heterocycles. The van der Waals surface area contributed by atoms with E-state index in [0.717, 1.165) is 16.8 Å². The van der Waals surface area contributed by atoms with Gasteiger partial charge in [0.25, 0.3) is 0 Å². The summed E-state index contributed by atoms with van der Waals surface area (Å²) in [5, 5.41) is 25.7. The Morgan fingerprint density at radius 3 is 2.52 bits per heavy atom. The minimum atomic E-state index is 0.440. The van der Waals surface area contributed by atoms with Gasteiger partial charge in [0.2, 0.25) is 0 Å². The maximum absolute atomic E-state index is 8.91. The third kappa shape index (κ3) is 3.30. The Bertz CT molecular complexity index is 1120. The quantitative estimate of drug-likeness (QED) is 0.545. The molecule has 8 heteroatoms. The predicted molar refractivity (Wildman–Crippen MR) is 100 cm³/mol. The molecule has 0 aliphatic heterocycles. The molecule has 0 N–H and O–H groups in total. The lowest BCUT2D eigenvalue weighted by Crippen LogP contribution is -2.04. The van der Waals surface area contributed by atoms with Crippen LogP contribution in [0.3, 0.4) is 0 Å². The van der Waals surface area contributed by atoms with Crippen molar-refractivity contribution in [3.8, 4) is 23.1 Å². The Labute approximate surface area is 160 Å². The molecular weight excluding hydrogens is 362 g/mol. The number of benzene rings is 2. The molecule has 0 aliphatic rings. The molecule has 4 rings (SSSR count). The highest BCUT2D eigenvalue weighted by Crippen LogP contribution is 2.28. The van der Waals surface area contributed by atoms with Gasteiger partial charge in [0.15, 0.2) is 5.82 Å². The molecule has 0 aliphatic carbocycles. The van der Waals surface area contributed by atoms with Crippen LogP contribution in [0.5, 0.6) is 0 Å². The number of hydrogen-bond donors (Lipinski definition) is 0. The molecule has 0 spiro atoms. The fraction of sp³-hybridized carbons (Fsp3) is 0.105. The maximum atomic E-state index is 8.91. The van der Waals surface area contributed by atoms with Crippen LogP contribution >= 0.6 is 11.6 Å². The lowest BCUT2D eigenvalue weighted by molar-refractivity contribution is 0.653. The lowest BCUT2D eigenvalue weighted by atomic mass is 10.1. The van der Waals surface area contributed by atoms with Gasteiger partial charge in [-0.1, -0.05) is 41.4 Å². The van der Waals surface area contributed by atoms with Crippen molar-refractivity contribution in [3.05, 3.63) is 76.6 Å². The Morgan fingerprint density at radius 1 is 1.07 bits per heavy atom. The highest BCUT2D eigenvalue weighted by atomic mass is 35.5. The third-order valence-electron chi connectivity index (χ3n) is 4.18. The molecule has 0 fully saturated rings. The standard InChI is InChI=1S/C19H14ClN7/c1-13-2-8-16(9-3-13)27-18(20)17(11-22-27)19-23-24-25-26(19)12-15-6-4-14(10-21)5-7-15/h2-9,11H,12H2,1H3. The third-order valence-corrected chi connectivity index (χ3v) is 4.54. The van der Waals surface area contributed by atoms with Gasteiger partial charge in [-0.05, 0) is 47.2 Å². The van der Waals surface area contributed by atoms with Crippen molar-refractivity contribution in [1.82, 2.24) is 30.0 Å². The Hall–Kier alpha value is -3.50. The summed E-state index contributed by atoms with van der Waals surface area (Å²) in [4.78, 5) is 0. The second kappa shape index (κ2) is 7.02. The first kappa shape index (κ1) is 16.9. The second-order valence-corrected chi connectivity index (χ2v) is 6.42. The molecule has 132 valence electrons. The lowest BCUT2D eigenvalue weighted by Gasteiger charge is -2.06. The minimum absolute atomic E-state index is 0.440. The minimum Gasteiger partial charge on any atom is -0.221 e. The SMILES string of the molecule is Cc1ccc(-n2ncc(-c3nnnn3Cc3ccc(C#N)cc3)c2Cl)cc1. The van der Waals surface area contributed by atoms with E-state index in [1.165, 1.54) is 0 Å². The van der Waals surface area contributed by atoms with Gasteiger partial charge in [0, 0.05) is 0 Å². The highest BCUT2D eigenvalue weighted by molar-refractivity contribution is 6.32. The van der Waals surface area contributed by atoms with E-state index in [1.54, 1.807) is 27.7 Å². The second-order valence-electron chi connectivity index (χ2n) is 6.07. The summed E-state index contributed by atoms with van der Waals surface area (Å²) >= 11 is 6.56. The molecule has 0 saturated heterocycles. The summed E-state index contributed by atoms with van der Waals surface area (Å²) in [5.41, 5.74) is 4.26. The maximum Gasteiger partial charge on any atom is 0.187 e. The molecule has 2 heterocycles. The summed E-state index contributed by atoms with van der Waals surface area (Å²) in [6.45, 7) is 2.48. The molecule has 0 atom stereocenters. The van der Waals surface area contributed by atoms with Gasteiger partial charge in [0.05, 0.1) is 35.6 Å². The van der Waals surface area contributed by atoms with E-state index in [0.29, 0.717) is 28.6 Å². The van der Waals surface area contributed by atoms with Crippen molar-refractivity contribution < 1.29 is 0 Å². The van der Waals surface area contributed by atoms with Crippen LogP contribution in [0.4, 0.5) is 0 Å². The fourth-order valence-corrected chi connectivity index (χ4v) is 2.99. The van der Waals surface area contributed by atoms with Gasteiger partial charge in [-0.3, -0.25) is 0 Å². The van der Waals surface area contributed by atoms with E-state index in [1.807, 2.05) is 43.3 Å². The van der Waals surface area contributed by atoms with Crippen molar-refractivity contribution in [2.24, 2.45) is 0 Å². The number of hydrogen-bond acceptors (Lipinski definition) is 5. The molecule has 0 unspecified atom stereocenters. The summed E-state index contributed by atoms with van der Waals surface area (Å²) in [6.07, 6.45) is 1.66. The fourth-order valence-electron chi connectivity index (χ4n) is 2.71. The first-order chi connectivity index (χ1) is 13.2. The van der Waals surface area contributed by atoms with Crippen LogP contribution in [-0.4, -0.2) is 30.0 Å². The highest BCUT2D eigenvalue weighted by Gasteiger charge is 2.18. The molecule has 27 heavy (non-hydrogen) atoms. The molecule has 0 bridgehead atoms. The largest absolute Gasteiger partial charge is 0.221 e. The van der Waals surface area contributed by atoms with E-state index in [2.05, 4.69) is 26.7 Å². The van der Waals surface area contributed by atoms with E-state index in [9.17, 15) is 0 Å². The van der Waals surface area contributed by atoms with Crippen LogP contribution in [0, 0.1) is 18.3 Å². The summed E-state index contributed by atoms with van der Waals surface area (Å²) in [6, 6.07) is 17.3. The van der Waals surface area contributed by atoms with E-state index >= 15 is 0 Å². The predicted octanol–water partition coefficient (Wildman–Crippen LogP) is 3.41. The van der Waals surface area contributed by atoms with Gasteiger partial charge in [-0.25, -0.2) is 9.36 Å². The van der Waals surface area contributed by atoms with Crippen molar-refractivity contribution in [1.29, 1.82) is 5.26 Å². The van der Waals surface area contributed by atoms with E-state index in [-0.39, 0.29) is 0 Å².